The van der Waals surface area contributed by atoms with Gasteiger partial charge < -0.3 is 15.8 Å². The molecule has 1 aromatic rings. The summed E-state index contributed by atoms with van der Waals surface area (Å²) in [5.74, 6) is -7.07. The van der Waals surface area contributed by atoms with Gasteiger partial charge in [0, 0.05) is 38.8 Å². The van der Waals surface area contributed by atoms with Crippen LogP contribution in [0.15, 0.2) is 22.0 Å². The topological polar surface area (TPSA) is 145 Å². The highest BCUT2D eigenvalue weighted by atomic mass is 19.3. The summed E-state index contributed by atoms with van der Waals surface area (Å²) in [5.41, 5.74) is 0.245. The van der Waals surface area contributed by atoms with Gasteiger partial charge in [-0.2, -0.15) is 10.4 Å². The number of alkyl halides is 4. The molecular formula is C27H33F4N7O3. The standard InChI is InChI=1S/C27H33F4N7O3/c1-15(23(17-3-4-17)35-22(39)10-16-11-27(30,31)12-16)9-21-34-20(14-38(21)33-2)24(36-25(40)19(13-32)37-41)18-5-7-26(28,29)8-6-18/h9,14,16-18,23-24,41H,2-8,10-12H2,1H3,(H,35,39)(H,36,40)/b15-9+,37-19+/t23-,24-/m0/s1. The van der Waals surface area contributed by atoms with Crippen molar-refractivity contribution < 1.29 is 32.4 Å². The van der Waals surface area contributed by atoms with Crippen LogP contribution in [-0.4, -0.2) is 57.0 Å². The first kappa shape index (κ1) is 30.2. The Bertz CT molecular complexity index is 1260. The summed E-state index contributed by atoms with van der Waals surface area (Å²) in [6, 6.07) is 0.252. The zero-order valence-corrected chi connectivity index (χ0v) is 22.6. The van der Waals surface area contributed by atoms with E-state index in [9.17, 15) is 27.2 Å². The van der Waals surface area contributed by atoms with E-state index < -0.39 is 35.4 Å². The quantitative estimate of drug-likeness (QED) is 0.154. The molecule has 3 aliphatic carbocycles. The normalized spacial score (nSPS) is 22.6. The van der Waals surface area contributed by atoms with Crippen LogP contribution in [0.3, 0.4) is 0 Å². The largest absolute Gasteiger partial charge is 0.410 e. The van der Waals surface area contributed by atoms with Gasteiger partial charge in [-0.25, -0.2) is 27.2 Å². The fourth-order valence-electron chi connectivity index (χ4n) is 5.67. The van der Waals surface area contributed by atoms with E-state index in [1.54, 1.807) is 6.08 Å². The van der Waals surface area contributed by atoms with Crippen LogP contribution in [0.4, 0.5) is 17.6 Å². The molecule has 4 rings (SSSR count). The SMILES string of the molecule is C=Nn1cc([C@@H](NC(=O)/C(C#N)=N/O)C2CCC(F)(F)CC2)nc1/C=C(\C)[C@H](NC(=O)CC1CC(F)(F)C1)C1CC1. The molecule has 3 N–H and O–H groups in total. The Morgan fingerprint density at radius 2 is 1.85 bits per heavy atom. The molecule has 3 fully saturated rings. The number of hydrogen-bond acceptors (Lipinski definition) is 7. The summed E-state index contributed by atoms with van der Waals surface area (Å²) in [6.07, 6.45) is 3.84. The molecule has 3 saturated carbocycles. The van der Waals surface area contributed by atoms with Crippen molar-refractivity contribution in [3.05, 3.63) is 23.3 Å². The van der Waals surface area contributed by atoms with Gasteiger partial charge in [-0.1, -0.05) is 5.16 Å². The van der Waals surface area contributed by atoms with E-state index in [1.165, 1.54) is 16.9 Å². The number of carbonyl (C=O) groups excluding carboxylic acids is 2. The van der Waals surface area contributed by atoms with Crippen LogP contribution in [0.5, 0.6) is 0 Å². The maximum atomic E-state index is 13.9. The maximum Gasteiger partial charge on any atom is 0.284 e. The lowest BCUT2D eigenvalue weighted by atomic mass is 9.79. The van der Waals surface area contributed by atoms with E-state index in [4.69, 9.17) is 10.5 Å². The van der Waals surface area contributed by atoms with Gasteiger partial charge in [-0.3, -0.25) is 9.59 Å². The highest BCUT2D eigenvalue weighted by Crippen LogP contribution is 2.44. The van der Waals surface area contributed by atoms with Gasteiger partial charge >= 0.3 is 0 Å². The first-order valence-electron chi connectivity index (χ1n) is 13.6. The lowest BCUT2D eigenvalue weighted by molar-refractivity contribution is -0.134. The summed E-state index contributed by atoms with van der Waals surface area (Å²) >= 11 is 0. The first-order chi connectivity index (χ1) is 19.3. The molecule has 14 heteroatoms. The first-order valence-corrected chi connectivity index (χ1v) is 13.6. The summed E-state index contributed by atoms with van der Waals surface area (Å²) < 4.78 is 55.5. The van der Waals surface area contributed by atoms with E-state index in [-0.39, 0.29) is 74.4 Å². The van der Waals surface area contributed by atoms with Crippen LogP contribution in [0.25, 0.3) is 6.08 Å². The summed E-state index contributed by atoms with van der Waals surface area (Å²) in [5, 5.41) is 30.3. The highest BCUT2D eigenvalue weighted by Gasteiger charge is 2.46. The predicted octanol–water partition coefficient (Wildman–Crippen LogP) is 4.42. The van der Waals surface area contributed by atoms with Crippen LogP contribution in [-0.2, 0) is 9.59 Å². The number of nitriles is 1. The van der Waals surface area contributed by atoms with Crippen molar-refractivity contribution in [2.45, 2.75) is 88.6 Å². The number of nitrogens with one attached hydrogen (secondary N) is 2. The molecule has 0 aromatic carbocycles. The van der Waals surface area contributed by atoms with Crippen molar-refractivity contribution in [1.82, 2.24) is 20.3 Å². The Morgan fingerprint density at radius 3 is 2.39 bits per heavy atom. The monoisotopic (exact) mass is 579 g/mol. The number of rotatable bonds is 11. The number of halogens is 4. The minimum Gasteiger partial charge on any atom is -0.410 e. The van der Waals surface area contributed by atoms with Crippen LogP contribution in [0.1, 0.15) is 82.3 Å². The number of imidazole rings is 1. The van der Waals surface area contributed by atoms with Gasteiger partial charge in [0.1, 0.15) is 6.07 Å². The van der Waals surface area contributed by atoms with Gasteiger partial charge in [0.2, 0.25) is 23.5 Å². The summed E-state index contributed by atoms with van der Waals surface area (Å²) in [4.78, 5) is 29.8. The molecule has 0 unspecified atom stereocenters. The molecule has 2 amide bonds. The molecule has 0 spiro atoms. The van der Waals surface area contributed by atoms with Gasteiger partial charge in [-0.15, -0.1) is 0 Å². The number of aromatic nitrogens is 2. The molecule has 3 aliphatic rings. The van der Waals surface area contributed by atoms with E-state index in [0.29, 0.717) is 5.82 Å². The Hall–Kier alpha value is -3.76. The molecule has 0 saturated heterocycles. The molecule has 1 heterocycles. The van der Waals surface area contributed by atoms with Gasteiger partial charge in [0.05, 0.1) is 24.0 Å². The average Bonchev–Trinajstić information content (AvgIpc) is 3.65. The zero-order valence-electron chi connectivity index (χ0n) is 22.6. The van der Waals surface area contributed by atoms with Crippen molar-refractivity contribution >= 4 is 30.3 Å². The van der Waals surface area contributed by atoms with Crippen molar-refractivity contribution in [3.8, 4) is 6.07 Å². The molecule has 2 atom stereocenters. The third kappa shape index (κ3) is 7.51. The maximum absolute atomic E-state index is 13.9. The van der Waals surface area contributed by atoms with Crippen molar-refractivity contribution in [1.29, 1.82) is 5.26 Å². The zero-order chi connectivity index (χ0) is 29.9. The molecule has 1 aromatic heterocycles. The second kappa shape index (κ2) is 12.0. The van der Waals surface area contributed by atoms with E-state index in [1.807, 2.05) is 6.92 Å². The Labute approximate surface area is 234 Å². The number of oxime groups is 1. The molecule has 10 nitrogen and oxygen atoms in total. The average molecular weight is 580 g/mol. The van der Waals surface area contributed by atoms with Gasteiger partial charge in [0.15, 0.2) is 5.82 Å². The number of nitrogens with zero attached hydrogens (tertiary/aromatic N) is 5. The third-order valence-electron chi connectivity index (χ3n) is 8.05. The van der Waals surface area contributed by atoms with E-state index in [2.05, 4.69) is 32.6 Å². The molecule has 0 aliphatic heterocycles. The number of amides is 2. The molecule has 0 radical (unpaired) electrons. The second-order valence-electron chi connectivity index (χ2n) is 11.3. The Kier molecular flexibility index (Phi) is 8.84. The Morgan fingerprint density at radius 1 is 1.20 bits per heavy atom. The van der Waals surface area contributed by atoms with Gasteiger partial charge in [-0.05, 0) is 62.0 Å². The lowest BCUT2D eigenvalue weighted by Gasteiger charge is -2.34. The second-order valence-corrected chi connectivity index (χ2v) is 11.3. The van der Waals surface area contributed by atoms with Crippen LogP contribution < -0.4 is 10.6 Å². The van der Waals surface area contributed by atoms with E-state index >= 15 is 0 Å². The molecule has 0 bridgehead atoms. The van der Waals surface area contributed by atoms with Crippen LogP contribution in [0.2, 0.25) is 0 Å². The van der Waals surface area contributed by atoms with Crippen molar-refractivity contribution in [2.24, 2.45) is 28.0 Å². The number of carbonyl (C=O) groups is 2. The predicted molar refractivity (Wildman–Crippen MR) is 140 cm³/mol. The van der Waals surface area contributed by atoms with Crippen molar-refractivity contribution in [3.63, 3.8) is 0 Å². The minimum absolute atomic E-state index is 0.0305. The van der Waals surface area contributed by atoms with Crippen LogP contribution >= 0.6 is 0 Å². The highest BCUT2D eigenvalue weighted by molar-refractivity contribution is 6.45. The molecular weight excluding hydrogens is 546 g/mol. The fourth-order valence-corrected chi connectivity index (χ4v) is 5.67. The lowest BCUT2D eigenvalue weighted by Crippen LogP contribution is -2.42. The summed E-state index contributed by atoms with van der Waals surface area (Å²) in [7, 11) is 0. The third-order valence-corrected chi connectivity index (χ3v) is 8.05. The smallest absolute Gasteiger partial charge is 0.284 e. The van der Waals surface area contributed by atoms with Gasteiger partial charge in [0.25, 0.3) is 5.91 Å². The molecule has 222 valence electrons. The van der Waals surface area contributed by atoms with Crippen LogP contribution in [0, 0.1) is 29.1 Å². The molecule has 41 heavy (non-hydrogen) atoms. The van der Waals surface area contributed by atoms with E-state index in [0.717, 1.165) is 18.4 Å². The Balaban J connectivity index is 1.55. The van der Waals surface area contributed by atoms with Crippen molar-refractivity contribution in [2.75, 3.05) is 0 Å². The number of hydrogen-bond donors (Lipinski definition) is 3. The fraction of sp³-hybridized carbons (Fsp3) is 0.630. The summed E-state index contributed by atoms with van der Waals surface area (Å²) in [6.45, 7) is 5.36. The minimum atomic E-state index is -2.82.